The van der Waals surface area contributed by atoms with Gasteiger partial charge in [-0.3, -0.25) is 14.1 Å². The highest BCUT2D eigenvalue weighted by atomic mass is 31.2. The number of hydrogen-bond donors (Lipinski definition) is 2. The lowest BCUT2D eigenvalue weighted by Crippen LogP contribution is -2.29. The average Bonchev–Trinajstić information content (AvgIpc) is 3.14. The molecule has 0 bridgehead atoms. The summed E-state index contributed by atoms with van der Waals surface area (Å²) in [4.78, 5) is 42.9. The van der Waals surface area contributed by atoms with Gasteiger partial charge in [-0.25, -0.2) is 4.57 Å². The van der Waals surface area contributed by atoms with E-state index in [9.17, 15) is 14.2 Å². The Morgan fingerprint density at radius 2 is 0.889 bits per heavy atom. The Balaban J connectivity index is 3.97. The van der Waals surface area contributed by atoms with Crippen LogP contribution in [0.4, 0.5) is 0 Å². The van der Waals surface area contributed by atoms with Crippen LogP contribution in [0.2, 0.25) is 0 Å². The van der Waals surface area contributed by atoms with E-state index in [4.69, 9.17) is 19.3 Å². The summed E-state index contributed by atoms with van der Waals surface area (Å²) in [5.41, 5.74) is 0. The number of ether oxygens (including phenoxy) is 2. The number of rotatable bonds is 38. The molecule has 54 heavy (non-hydrogen) atoms. The highest BCUT2D eigenvalue weighted by Crippen LogP contribution is 2.36. The number of allylic oxidation sites excluding steroid dienone is 12. The highest BCUT2D eigenvalue weighted by molar-refractivity contribution is 7.46. The maximum absolute atomic E-state index is 12.4. The highest BCUT2D eigenvalue weighted by Gasteiger charge is 2.22. The second kappa shape index (κ2) is 40.2. The largest absolute Gasteiger partial charge is 0.469 e. The van der Waals surface area contributed by atoms with Crippen molar-refractivity contribution >= 4 is 19.8 Å². The van der Waals surface area contributed by atoms with E-state index in [2.05, 4.69) is 91.3 Å². The predicted octanol–water partition coefficient (Wildman–Crippen LogP) is 13.1. The maximum atomic E-state index is 12.4. The van der Waals surface area contributed by atoms with Crippen LogP contribution in [-0.4, -0.2) is 41.0 Å². The zero-order valence-electron chi connectivity index (χ0n) is 34.1. The molecule has 0 aromatic carbocycles. The van der Waals surface area contributed by atoms with Gasteiger partial charge in [0.25, 0.3) is 0 Å². The molecule has 0 heterocycles. The Morgan fingerprint density at radius 1 is 0.500 bits per heavy atom. The van der Waals surface area contributed by atoms with Crippen LogP contribution in [-0.2, 0) is 28.2 Å². The van der Waals surface area contributed by atoms with Gasteiger partial charge in [0.1, 0.15) is 6.61 Å². The minimum atomic E-state index is -4.77. The summed E-state index contributed by atoms with van der Waals surface area (Å²) in [6.07, 6.45) is 51.9. The van der Waals surface area contributed by atoms with Gasteiger partial charge in [0, 0.05) is 12.8 Å². The summed E-state index contributed by atoms with van der Waals surface area (Å²) in [7, 11) is -4.77. The van der Waals surface area contributed by atoms with E-state index < -0.39 is 32.5 Å². The molecule has 0 radical (unpaired) electrons. The molecule has 0 saturated heterocycles. The lowest BCUT2D eigenvalue weighted by atomic mass is 10.1. The van der Waals surface area contributed by atoms with E-state index in [0.717, 1.165) is 83.5 Å². The number of phosphoric acid groups is 1. The number of unbranched alkanes of at least 4 members (excludes halogenated alkanes) is 16. The van der Waals surface area contributed by atoms with Crippen molar-refractivity contribution in [1.82, 2.24) is 0 Å². The molecule has 9 heteroatoms. The van der Waals surface area contributed by atoms with Crippen LogP contribution < -0.4 is 0 Å². The molecule has 0 aliphatic heterocycles. The Hall–Kier alpha value is -2.51. The molecule has 0 fully saturated rings. The number of carbonyl (C=O) groups excluding carboxylic acids is 2. The minimum Gasteiger partial charge on any atom is -0.462 e. The van der Waals surface area contributed by atoms with Crippen LogP contribution in [0.1, 0.15) is 181 Å². The third-order valence-electron chi connectivity index (χ3n) is 8.71. The molecule has 0 aliphatic carbocycles. The Labute approximate surface area is 329 Å². The number of esters is 2. The first-order valence-corrected chi connectivity index (χ1v) is 22.8. The van der Waals surface area contributed by atoms with E-state index in [-0.39, 0.29) is 19.4 Å². The quantitative estimate of drug-likeness (QED) is 0.0275. The summed E-state index contributed by atoms with van der Waals surface area (Å²) >= 11 is 0. The van der Waals surface area contributed by atoms with Gasteiger partial charge in [-0.05, 0) is 83.5 Å². The molecule has 0 aliphatic rings. The van der Waals surface area contributed by atoms with Crippen molar-refractivity contribution in [3.63, 3.8) is 0 Å². The lowest BCUT2D eigenvalue weighted by molar-refractivity contribution is -0.161. The molecular formula is C45H77O8P. The zero-order chi connectivity index (χ0) is 39.6. The summed E-state index contributed by atoms with van der Waals surface area (Å²) in [6.45, 7) is 3.52. The SMILES string of the molecule is CC/C=C\C/C=C\C/C=C\C/C=C\CCCCCCC(=O)O[C@H](COC(=O)CCCCCCCCCCC/C=C\C/C=C\CCCCC)COP(=O)(O)O. The third kappa shape index (κ3) is 42.2. The van der Waals surface area contributed by atoms with Gasteiger partial charge in [-0.15, -0.1) is 0 Å². The molecule has 2 N–H and O–H groups in total. The van der Waals surface area contributed by atoms with Crippen LogP contribution in [0.3, 0.4) is 0 Å². The van der Waals surface area contributed by atoms with Crippen LogP contribution in [0.5, 0.6) is 0 Å². The van der Waals surface area contributed by atoms with Crippen molar-refractivity contribution in [3.05, 3.63) is 72.9 Å². The van der Waals surface area contributed by atoms with Crippen LogP contribution in [0, 0.1) is 0 Å². The van der Waals surface area contributed by atoms with Crippen LogP contribution in [0.25, 0.3) is 0 Å². The fourth-order valence-electron chi connectivity index (χ4n) is 5.57. The average molecular weight is 777 g/mol. The van der Waals surface area contributed by atoms with Crippen molar-refractivity contribution in [1.29, 1.82) is 0 Å². The van der Waals surface area contributed by atoms with E-state index in [0.29, 0.717) is 12.8 Å². The molecule has 0 rings (SSSR count). The van der Waals surface area contributed by atoms with Crippen molar-refractivity contribution in [2.24, 2.45) is 0 Å². The number of phosphoric ester groups is 1. The number of hydrogen-bond acceptors (Lipinski definition) is 6. The van der Waals surface area contributed by atoms with Gasteiger partial charge in [0.05, 0.1) is 6.61 Å². The van der Waals surface area contributed by atoms with E-state index in [1.54, 1.807) is 0 Å². The first-order valence-electron chi connectivity index (χ1n) is 21.2. The van der Waals surface area contributed by atoms with Gasteiger partial charge >= 0.3 is 19.8 Å². The zero-order valence-corrected chi connectivity index (χ0v) is 35.0. The van der Waals surface area contributed by atoms with E-state index in [1.807, 2.05) is 0 Å². The minimum absolute atomic E-state index is 0.180. The second-order valence-electron chi connectivity index (χ2n) is 13.9. The monoisotopic (exact) mass is 777 g/mol. The molecule has 8 nitrogen and oxygen atoms in total. The smallest absolute Gasteiger partial charge is 0.462 e. The van der Waals surface area contributed by atoms with Gasteiger partial charge in [0.15, 0.2) is 6.10 Å². The lowest BCUT2D eigenvalue weighted by Gasteiger charge is -2.18. The predicted molar refractivity (Wildman–Crippen MR) is 225 cm³/mol. The molecule has 1 atom stereocenters. The van der Waals surface area contributed by atoms with Crippen molar-refractivity contribution in [2.75, 3.05) is 13.2 Å². The fraction of sp³-hybridized carbons (Fsp3) is 0.689. The van der Waals surface area contributed by atoms with Crippen molar-refractivity contribution in [2.45, 2.75) is 187 Å². The molecule has 310 valence electrons. The number of carbonyl (C=O) groups is 2. The summed E-state index contributed by atoms with van der Waals surface area (Å²) in [6, 6.07) is 0. The van der Waals surface area contributed by atoms with Crippen molar-refractivity contribution < 1.29 is 37.9 Å². The van der Waals surface area contributed by atoms with Gasteiger partial charge in [-0.1, -0.05) is 157 Å². The maximum Gasteiger partial charge on any atom is 0.469 e. The van der Waals surface area contributed by atoms with Gasteiger partial charge in [-0.2, -0.15) is 0 Å². The Bertz CT molecular complexity index is 1100. The molecule has 0 aromatic rings. The summed E-state index contributed by atoms with van der Waals surface area (Å²) < 4.78 is 26.4. The first-order chi connectivity index (χ1) is 26.3. The molecule has 0 saturated carbocycles. The van der Waals surface area contributed by atoms with Crippen LogP contribution >= 0.6 is 7.82 Å². The Morgan fingerprint density at radius 3 is 1.33 bits per heavy atom. The summed E-state index contributed by atoms with van der Waals surface area (Å²) in [5, 5.41) is 0. The topological polar surface area (TPSA) is 119 Å². The molecular weight excluding hydrogens is 699 g/mol. The van der Waals surface area contributed by atoms with Gasteiger partial charge in [0.2, 0.25) is 0 Å². The van der Waals surface area contributed by atoms with Gasteiger partial charge < -0.3 is 19.3 Å². The molecule has 0 aromatic heterocycles. The van der Waals surface area contributed by atoms with E-state index >= 15 is 0 Å². The second-order valence-corrected chi connectivity index (χ2v) is 15.2. The molecule has 0 unspecified atom stereocenters. The first kappa shape index (κ1) is 51.5. The Kier molecular flexibility index (Phi) is 38.3. The van der Waals surface area contributed by atoms with Crippen molar-refractivity contribution in [3.8, 4) is 0 Å². The van der Waals surface area contributed by atoms with E-state index in [1.165, 1.54) is 57.8 Å². The van der Waals surface area contributed by atoms with Crippen LogP contribution in [0.15, 0.2) is 72.9 Å². The third-order valence-corrected chi connectivity index (χ3v) is 9.19. The standard InChI is InChI=1S/C45H77O8P/c1-3-5-7-9-11-13-15-17-19-21-22-24-25-27-29-31-33-35-37-39-44(46)51-41-43(42-52-54(48,49)50)53-45(47)40-38-36-34-32-30-28-26-23-20-18-16-14-12-10-8-6-4-2/h6,8,11-14,17-20,26,28,43H,3-5,7,9-10,15-16,21-25,27,29-42H2,1-2H3,(H2,48,49,50)/b8-6-,13-11-,14-12-,19-17-,20-18-,28-26-/t43-/m1/s1. The molecule has 0 amide bonds. The fourth-order valence-corrected chi connectivity index (χ4v) is 5.93. The summed E-state index contributed by atoms with van der Waals surface area (Å²) in [5.74, 6) is -0.921. The molecule has 0 spiro atoms. The normalized spacial score (nSPS) is 13.2.